The minimum atomic E-state index is -0.929. The summed E-state index contributed by atoms with van der Waals surface area (Å²) in [5, 5.41) is 18.9. The van der Waals surface area contributed by atoms with Gasteiger partial charge in [0.2, 0.25) is 0 Å². The van der Waals surface area contributed by atoms with Crippen molar-refractivity contribution in [3.63, 3.8) is 0 Å². The van der Waals surface area contributed by atoms with Gasteiger partial charge in [0.1, 0.15) is 5.69 Å². The molecule has 3 N–H and O–H groups in total. The molecule has 0 aromatic heterocycles. The second-order valence-corrected chi connectivity index (χ2v) is 6.39. The predicted octanol–water partition coefficient (Wildman–Crippen LogP) is 3.12. The van der Waals surface area contributed by atoms with E-state index in [0.29, 0.717) is 12.1 Å². The zero-order chi connectivity index (χ0) is 22.1. The second-order valence-electron chi connectivity index (χ2n) is 6.39. The number of nitro groups is 1. The van der Waals surface area contributed by atoms with Gasteiger partial charge in [-0.3, -0.25) is 20.2 Å². The van der Waals surface area contributed by atoms with Crippen molar-refractivity contribution in [3.05, 3.63) is 64.2 Å². The van der Waals surface area contributed by atoms with Crippen molar-refractivity contribution in [1.82, 2.24) is 10.6 Å². The number of nitro benzene ring substituents is 1. The zero-order valence-corrected chi connectivity index (χ0v) is 16.5. The van der Waals surface area contributed by atoms with Crippen molar-refractivity contribution in [2.24, 2.45) is 0 Å². The van der Waals surface area contributed by atoms with E-state index < -0.39 is 29.4 Å². The van der Waals surface area contributed by atoms with Gasteiger partial charge < -0.3 is 15.4 Å². The van der Waals surface area contributed by atoms with Crippen molar-refractivity contribution < 1.29 is 24.0 Å². The van der Waals surface area contributed by atoms with Crippen LogP contribution in [0.3, 0.4) is 0 Å². The second kappa shape index (κ2) is 10.6. The van der Waals surface area contributed by atoms with Gasteiger partial charge in [0, 0.05) is 17.8 Å². The van der Waals surface area contributed by atoms with Crippen LogP contribution in [-0.4, -0.2) is 35.5 Å². The molecule has 2 aromatic rings. The lowest BCUT2D eigenvalue weighted by Crippen LogP contribution is -2.44. The van der Waals surface area contributed by atoms with Crippen LogP contribution in [0.5, 0.6) is 0 Å². The van der Waals surface area contributed by atoms with Gasteiger partial charge in [-0.25, -0.2) is 9.59 Å². The first-order valence-electron chi connectivity index (χ1n) is 9.18. The number of imide groups is 1. The Morgan fingerprint density at radius 3 is 2.47 bits per heavy atom. The first-order chi connectivity index (χ1) is 14.3. The zero-order valence-electron chi connectivity index (χ0n) is 16.5. The van der Waals surface area contributed by atoms with Crippen molar-refractivity contribution >= 4 is 35.0 Å². The topological polar surface area (TPSA) is 140 Å². The number of rotatable bonds is 8. The summed E-state index contributed by atoms with van der Waals surface area (Å²) in [5.41, 5.74) is 0.410. The number of hydrogen-bond donors (Lipinski definition) is 3. The van der Waals surface area contributed by atoms with Crippen molar-refractivity contribution in [2.75, 3.05) is 11.9 Å². The third kappa shape index (κ3) is 6.59. The first kappa shape index (κ1) is 22.3. The minimum absolute atomic E-state index is 0.0998. The van der Waals surface area contributed by atoms with Crippen LogP contribution in [0.4, 0.5) is 21.9 Å². The predicted molar refractivity (Wildman–Crippen MR) is 110 cm³/mol. The highest BCUT2D eigenvalue weighted by atomic mass is 16.6. The Bertz CT molecular complexity index is 932. The number of ether oxygens (including phenoxy) is 1. The van der Waals surface area contributed by atoms with Crippen LogP contribution >= 0.6 is 0 Å². The number of anilines is 2. The average molecular weight is 414 g/mol. The van der Waals surface area contributed by atoms with E-state index in [-0.39, 0.29) is 23.0 Å². The normalized spacial score (nSPS) is 11.1. The van der Waals surface area contributed by atoms with Crippen LogP contribution in [0, 0.1) is 10.1 Å². The summed E-state index contributed by atoms with van der Waals surface area (Å²) in [5.74, 6) is -1.75. The molecule has 10 nitrogen and oxygen atoms in total. The maximum Gasteiger partial charge on any atom is 0.338 e. The molecule has 0 saturated heterocycles. The van der Waals surface area contributed by atoms with Crippen LogP contribution in [0.1, 0.15) is 30.6 Å². The van der Waals surface area contributed by atoms with Gasteiger partial charge >= 0.3 is 12.0 Å². The molecule has 0 saturated carbocycles. The number of carbonyl (C=O) groups excluding carboxylic acids is 3. The molecule has 0 aliphatic carbocycles. The van der Waals surface area contributed by atoms with E-state index in [1.807, 2.05) is 18.3 Å². The molecule has 0 radical (unpaired) electrons. The standard InChI is InChI=1S/C20H22N4O6/c1-3-13(2)21-20(27)23-18(25)12-30-19(26)14-9-10-16(17(11-14)24(28)29)22-15-7-5-4-6-8-15/h4-11,13,22H,3,12H2,1-2H3,(H2,21,23,25,27)/t13-/m0/s1. The van der Waals surface area contributed by atoms with E-state index in [4.69, 9.17) is 4.74 Å². The van der Waals surface area contributed by atoms with Gasteiger partial charge in [0.15, 0.2) is 6.61 Å². The van der Waals surface area contributed by atoms with Crippen LogP contribution < -0.4 is 16.0 Å². The van der Waals surface area contributed by atoms with Crippen molar-refractivity contribution in [3.8, 4) is 0 Å². The summed E-state index contributed by atoms with van der Waals surface area (Å²) in [6.45, 7) is 2.94. The maximum atomic E-state index is 12.2. The van der Waals surface area contributed by atoms with Crippen LogP contribution in [0.15, 0.2) is 48.5 Å². The highest BCUT2D eigenvalue weighted by molar-refractivity contribution is 5.97. The van der Waals surface area contributed by atoms with E-state index in [0.717, 1.165) is 6.07 Å². The molecule has 30 heavy (non-hydrogen) atoms. The van der Waals surface area contributed by atoms with Crippen LogP contribution in [0.2, 0.25) is 0 Å². The summed E-state index contributed by atoms with van der Waals surface area (Å²) >= 11 is 0. The van der Waals surface area contributed by atoms with E-state index in [1.54, 1.807) is 31.2 Å². The van der Waals surface area contributed by atoms with Gasteiger partial charge in [-0.05, 0) is 37.6 Å². The Morgan fingerprint density at radius 1 is 1.13 bits per heavy atom. The largest absolute Gasteiger partial charge is 0.452 e. The highest BCUT2D eigenvalue weighted by Crippen LogP contribution is 2.28. The van der Waals surface area contributed by atoms with Crippen LogP contribution in [-0.2, 0) is 9.53 Å². The van der Waals surface area contributed by atoms with E-state index in [2.05, 4.69) is 10.6 Å². The molecule has 1 atom stereocenters. The highest BCUT2D eigenvalue weighted by Gasteiger charge is 2.20. The number of benzene rings is 2. The number of hydrogen-bond acceptors (Lipinski definition) is 7. The summed E-state index contributed by atoms with van der Waals surface area (Å²) in [7, 11) is 0. The monoisotopic (exact) mass is 414 g/mol. The molecule has 0 fully saturated rings. The van der Waals surface area contributed by atoms with Gasteiger partial charge in [-0.2, -0.15) is 0 Å². The Hall–Kier alpha value is -3.95. The lowest BCUT2D eigenvalue weighted by molar-refractivity contribution is -0.383. The number of carbonyl (C=O) groups is 3. The fraction of sp³-hybridized carbons (Fsp3) is 0.250. The number of urea groups is 1. The number of nitrogens with one attached hydrogen (secondary N) is 3. The molecule has 0 heterocycles. The molecule has 10 heteroatoms. The molecular formula is C20H22N4O6. The smallest absolute Gasteiger partial charge is 0.338 e. The molecular weight excluding hydrogens is 392 g/mol. The summed E-state index contributed by atoms with van der Waals surface area (Å²) in [6, 6.07) is 11.8. The third-order valence-electron chi connectivity index (χ3n) is 4.06. The fourth-order valence-electron chi connectivity index (χ4n) is 2.33. The van der Waals surface area contributed by atoms with Gasteiger partial charge in [-0.1, -0.05) is 25.1 Å². The number of para-hydroxylation sites is 1. The molecule has 0 spiro atoms. The molecule has 158 valence electrons. The molecule has 3 amide bonds. The van der Waals surface area contributed by atoms with Gasteiger partial charge in [0.05, 0.1) is 10.5 Å². The SMILES string of the molecule is CC[C@H](C)NC(=O)NC(=O)COC(=O)c1ccc(Nc2ccccc2)c([N+](=O)[O-])c1. The molecule has 2 rings (SSSR count). The first-order valence-corrected chi connectivity index (χ1v) is 9.18. The molecule has 0 aliphatic rings. The van der Waals surface area contributed by atoms with Crippen molar-refractivity contribution in [2.45, 2.75) is 26.3 Å². The maximum absolute atomic E-state index is 12.2. The van der Waals surface area contributed by atoms with E-state index >= 15 is 0 Å². The van der Waals surface area contributed by atoms with Crippen LogP contribution in [0.25, 0.3) is 0 Å². The Morgan fingerprint density at radius 2 is 1.83 bits per heavy atom. The minimum Gasteiger partial charge on any atom is -0.452 e. The van der Waals surface area contributed by atoms with E-state index in [9.17, 15) is 24.5 Å². The van der Waals surface area contributed by atoms with E-state index in [1.165, 1.54) is 12.1 Å². The fourth-order valence-corrected chi connectivity index (χ4v) is 2.33. The molecule has 0 aliphatic heterocycles. The Labute approximate surface area is 172 Å². The summed E-state index contributed by atoms with van der Waals surface area (Å²) < 4.78 is 4.84. The lowest BCUT2D eigenvalue weighted by Gasteiger charge is -2.12. The Kier molecular flexibility index (Phi) is 7.86. The quantitative estimate of drug-likeness (QED) is 0.342. The number of nitrogens with zero attached hydrogens (tertiary/aromatic N) is 1. The third-order valence-corrected chi connectivity index (χ3v) is 4.06. The molecule has 0 unspecified atom stereocenters. The van der Waals surface area contributed by atoms with Gasteiger partial charge in [0.25, 0.3) is 11.6 Å². The van der Waals surface area contributed by atoms with Gasteiger partial charge in [-0.15, -0.1) is 0 Å². The number of amides is 3. The Balaban J connectivity index is 2.00. The average Bonchev–Trinajstić information content (AvgIpc) is 2.72. The summed E-state index contributed by atoms with van der Waals surface area (Å²) in [6.07, 6.45) is 0.685. The molecule has 2 aromatic carbocycles. The van der Waals surface area contributed by atoms with Crippen molar-refractivity contribution in [1.29, 1.82) is 0 Å². The number of esters is 1. The summed E-state index contributed by atoms with van der Waals surface area (Å²) in [4.78, 5) is 46.2. The lowest BCUT2D eigenvalue weighted by atomic mass is 10.1. The molecule has 0 bridgehead atoms.